The summed E-state index contributed by atoms with van der Waals surface area (Å²) >= 11 is 6.38. The van der Waals surface area contributed by atoms with Gasteiger partial charge >= 0.3 is 0 Å². The molecule has 0 atom stereocenters. The van der Waals surface area contributed by atoms with Crippen LogP contribution in [0.1, 0.15) is 29.4 Å². The molecule has 0 saturated heterocycles. The third-order valence-electron chi connectivity index (χ3n) is 3.84. The topological polar surface area (TPSA) is 47.1 Å². The monoisotopic (exact) mass is 290 g/mol. The normalized spacial score (nSPS) is 14.8. The summed E-state index contributed by atoms with van der Waals surface area (Å²) in [6, 6.07) is 6.16. The Balaban J connectivity index is 1.81. The van der Waals surface area contributed by atoms with Crippen LogP contribution in [-0.2, 0) is 26.2 Å². The minimum atomic E-state index is 0.794. The van der Waals surface area contributed by atoms with Crippen molar-refractivity contribution in [3.8, 4) is 0 Å². The number of hydrogen-bond donors (Lipinski definition) is 1. The Morgan fingerprint density at radius 3 is 2.80 bits per heavy atom. The minimum absolute atomic E-state index is 0.794. The van der Waals surface area contributed by atoms with Crippen molar-refractivity contribution in [1.29, 1.82) is 0 Å². The van der Waals surface area contributed by atoms with Gasteiger partial charge in [-0.3, -0.25) is 9.58 Å². The van der Waals surface area contributed by atoms with Crippen molar-refractivity contribution in [2.24, 2.45) is 0 Å². The van der Waals surface area contributed by atoms with E-state index in [9.17, 15) is 0 Å². The molecule has 1 aliphatic heterocycles. The lowest BCUT2D eigenvalue weighted by Crippen LogP contribution is -2.18. The molecule has 1 aliphatic rings. The first-order valence-corrected chi connectivity index (χ1v) is 7.27. The second-order valence-corrected chi connectivity index (χ2v) is 5.71. The van der Waals surface area contributed by atoms with Crippen molar-refractivity contribution in [2.75, 3.05) is 5.73 Å². The van der Waals surface area contributed by atoms with E-state index in [0.717, 1.165) is 48.3 Å². The van der Waals surface area contributed by atoms with Crippen molar-refractivity contribution < 1.29 is 0 Å². The number of rotatable bonds is 3. The molecule has 4 nitrogen and oxygen atoms in total. The van der Waals surface area contributed by atoms with Gasteiger partial charge in [0.15, 0.2) is 0 Å². The zero-order valence-corrected chi connectivity index (χ0v) is 12.6. The first-order chi connectivity index (χ1) is 9.58. The molecule has 2 aromatic rings. The average Bonchev–Trinajstić information content (AvgIpc) is 2.93. The van der Waals surface area contributed by atoms with E-state index in [4.69, 9.17) is 17.3 Å². The number of nitrogens with two attached hydrogens (primary N) is 1. The molecule has 5 heteroatoms. The van der Waals surface area contributed by atoms with E-state index in [2.05, 4.69) is 29.1 Å². The molecular formula is C15H19ClN4. The Labute approximate surface area is 124 Å². The Kier molecular flexibility index (Phi) is 3.44. The van der Waals surface area contributed by atoms with Gasteiger partial charge in [-0.1, -0.05) is 17.7 Å². The largest absolute Gasteiger partial charge is 0.399 e. The summed E-state index contributed by atoms with van der Waals surface area (Å²) in [5.41, 5.74) is 11.4. The zero-order valence-electron chi connectivity index (χ0n) is 11.9. The van der Waals surface area contributed by atoms with Gasteiger partial charge in [-0.25, -0.2) is 0 Å². The number of aromatic nitrogens is 2. The zero-order chi connectivity index (χ0) is 14.3. The molecule has 0 aliphatic carbocycles. The molecule has 0 saturated carbocycles. The van der Waals surface area contributed by atoms with E-state index in [1.54, 1.807) is 0 Å². The number of aryl methyl sites for hydroxylation is 2. The predicted octanol–water partition coefficient (Wildman–Crippen LogP) is 2.96. The van der Waals surface area contributed by atoms with Crippen molar-refractivity contribution in [2.45, 2.75) is 40.0 Å². The van der Waals surface area contributed by atoms with E-state index < -0.39 is 0 Å². The second kappa shape index (κ2) is 5.11. The van der Waals surface area contributed by atoms with Crippen LogP contribution in [0, 0.1) is 6.92 Å². The maximum absolute atomic E-state index is 6.38. The van der Waals surface area contributed by atoms with Crippen LogP contribution >= 0.6 is 11.6 Å². The molecule has 106 valence electrons. The highest BCUT2D eigenvalue weighted by Gasteiger charge is 2.22. The van der Waals surface area contributed by atoms with E-state index in [1.807, 2.05) is 17.7 Å². The lowest BCUT2D eigenvalue weighted by molar-refractivity contribution is 0.266. The fraction of sp³-hybridized carbons (Fsp3) is 0.400. The Morgan fingerprint density at radius 2 is 2.05 bits per heavy atom. The van der Waals surface area contributed by atoms with Crippen LogP contribution in [0.25, 0.3) is 0 Å². The second-order valence-electron chi connectivity index (χ2n) is 5.34. The third kappa shape index (κ3) is 2.30. The fourth-order valence-corrected chi connectivity index (χ4v) is 3.02. The number of benzene rings is 1. The van der Waals surface area contributed by atoms with Gasteiger partial charge in [-0.2, -0.15) is 5.10 Å². The molecule has 20 heavy (non-hydrogen) atoms. The van der Waals surface area contributed by atoms with E-state index in [-0.39, 0.29) is 0 Å². The van der Waals surface area contributed by atoms with Crippen molar-refractivity contribution in [1.82, 2.24) is 14.7 Å². The predicted molar refractivity (Wildman–Crippen MR) is 81.5 cm³/mol. The summed E-state index contributed by atoms with van der Waals surface area (Å²) < 4.78 is 2.00. The van der Waals surface area contributed by atoms with Crippen LogP contribution in [0.4, 0.5) is 5.69 Å². The minimum Gasteiger partial charge on any atom is -0.399 e. The molecule has 0 amide bonds. The maximum atomic E-state index is 6.38. The molecule has 1 aromatic heterocycles. The number of hydrogen-bond acceptors (Lipinski definition) is 3. The van der Waals surface area contributed by atoms with Crippen LogP contribution in [0.5, 0.6) is 0 Å². The van der Waals surface area contributed by atoms with E-state index in [0.29, 0.717) is 0 Å². The van der Waals surface area contributed by atoms with Gasteiger partial charge in [0.25, 0.3) is 0 Å². The summed E-state index contributed by atoms with van der Waals surface area (Å²) in [7, 11) is 0. The SMILES string of the molecule is CCn1nc(C)c(Cl)c1CN1Cc2ccc(N)cc2C1. The lowest BCUT2D eigenvalue weighted by Gasteiger charge is -2.15. The maximum Gasteiger partial charge on any atom is 0.0860 e. The molecule has 0 fully saturated rings. The summed E-state index contributed by atoms with van der Waals surface area (Å²) in [6.07, 6.45) is 0. The van der Waals surface area contributed by atoms with Crippen LogP contribution in [0.2, 0.25) is 5.02 Å². The van der Waals surface area contributed by atoms with Gasteiger partial charge in [-0.15, -0.1) is 0 Å². The molecule has 3 rings (SSSR count). The molecule has 2 heterocycles. The first kappa shape index (κ1) is 13.5. The molecule has 1 aromatic carbocycles. The first-order valence-electron chi connectivity index (χ1n) is 6.90. The summed E-state index contributed by atoms with van der Waals surface area (Å²) in [6.45, 7) is 7.58. The Hall–Kier alpha value is -1.52. The highest BCUT2D eigenvalue weighted by Crippen LogP contribution is 2.28. The van der Waals surface area contributed by atoms with Crippen molar-refractivity contribution in [3.05, 3.63) is 45.7 Å². The van der Waals surface area contributed by atoms with E-state index >= 15 is 0 Å². The molecule has 0 radical (unpaired) electrons. The number of fused-ring (bicyclic) bond motifs is 1. The van der Waals surface area contributed by atoms with Gasteiger partial charge in [0, 0.05) is 31.9 Å². The van der Waals surface area contributed by atoms with E-state index in [1.165, 1.54) is 11.1 Å². The highest BCUT2D eigenvalue weighted by atomic mass is 35.5. The Morgan fingerprint density at radius 1 is 1.30 bits per heavy atom. The lowest BCUT2D eigenvalue weighted by atomic mass is 10.1. The van der Waals surface area contributed by atoms with Gasteiger partial charge in [0.1, 0.15) is 0 Å². The summed E-state index contributed by atoms with van der Waals surface area (Å²) in [5, 5.41) is 5.27. The molecular weight excluding hydrogens is 272 g/mol. The van der Waals surface area contributed by atoms with Gasteiger partial charge in [-0.05, 0) is 37.1 Å². The van der Waals surface area contributed by atoms with Crippen LogP contribution in [-0.4, -0.2) is 14.7 Å². The third-order valence-corrected chi connectivity index (χ3v) is 4.34. The number of nitrogens with zero attached hydrogens (tertiary/aromatic N) is 3. The Bertz CT molecular complexity index is 648. The number of nitrogen functional groups attached to an aromatic ring is 1. The number of halogens is 1. The summed E-state index contributed by atoms with van der Waals surface area (Å²) in [5.74, 6) is 0. The standard InChI is InChI=1S/C15H19ClN4/c1-3-20-14(15(16)10(2)18-20)9-19-7-11-4-5-13(17)6-12(11)8-19/h4-6H,3,7-9,17H2,1-2H3. The molecule has 0 bridgehead atoms. The van der Waals surface area contributed by atoms with Crippen LogP contribution in [0.3, 0.4) is 0 Å². The van der Waals surface area contributed by atoms with Crippen LogP contribution < -0.4 is 5.73 Å². The van der Waals surface area contributed by atoms with Gasteiger partial charge in [0.2, 0.25) is 0 Å². The van der Waals surface area contributed by atoms with Crippen LogP contribution in [0.15, 0.2) is 18.2 Å². The fourth-order valence-electron chi connectivity index (χ4n) is 2.83. The summed E-state index contributed by atoms with van der Waals surface area (Å²) in [4.78, 5) is 2.37. The molecule has 2 N–H and O–H groups in total. The van der Waals surface area contributed by atoms with Gasteiger partial charge < -0.3 is 5.73 Å². The molecule has 0 unspecified atom stereocenters. The smallest absolute Gasteiger partial charge is 0.0860 e. The van der Waals surface area contributed by atoms with Gasteiger partial charge in [0.05, 0.1) is 16.4 Å². The number of anilines is 1. The quantitative estimate of drug-likeness (QED) is 0.884. The van der Waals surface area contributed by atoms with Crippen molar-refractivity contribution in [3.63, 3.8) is 0 Å². The highest BCUT2D eigenvalue weighted by molar-refractivity contribution is 6.31. The van der Waals surface area contributed by atoms with Crippen molar-refractivity contribution >= 4 is 17.3 Å². The molecule has 0 spiro atoms. The average molecular weight is 291 g/mol.